The summed E-state index contributed by atoms with van der Waals surface area (Å²) >= 11 is 6.37. The van der Waals surface area contributed by atoms with Gasteiger partial charge in [0.1, 0.15) is 22.9 Å². The molecule has 1 amide bonds. The Bertz CT molecular complexity index is 1520. The van der Waals surface area contributed by atoms with Crippen LogP contribution in [0.5, 0.6) is 11.5 Å². The van der Waals surface area contributed by atoms with Crippen LogP contribution in [0.25, 0.3) is 11.0 Å². The third-order valence-electron chi connectivity index (χ3n) is 6.21. The molecule has 0 bridgehead atoms. The van der Waals surface area contributed by atoms with Crippen molar-refractivity contribution in [2.45, 2.75) is 25.8 Å². The van der Waals surface area contributed by atoms with Crippen LogP contribution in [0.15, 0.2) is 69.9 Å². The average molecular weight is 508 g/mol. The van der Waals surface area contributed by atoms with Gasteiger partial charge in [-0.05, 0) is 60.5 Å². The molecule has 184 valence electrons. The molecule has 1 atom stereocenters. The average Bonchev–Trinajstić information content (AvgIpc) is 3.17. The van der Waals surface area contributed by atoms with Crippen molar-refractivity contribution >= 4 is 34.2 Å². The van der Waals surface area contributed by atoms with E-state index in [-0.39, 0.29) is 22.3 Å². The number of ether oxygens (including phenoxy) is 2. The summed E-state index contributed by atoms with van der Waals surface area (Å²) in [5.41, 5.74) is 0.945. The summed E-state index contributed by atoms with van der Waals surface area (Å²) in [5.74, 6) is -0.0151. The number of halogens is 2. The molecule has 1 aromatic heterocycles. The number of hydrogen-bond acceptors (Lipinski definition) is 5. The van der Waals surface area contributed by atoms with E-state index in [0.717, 1.165) is 18.9 Å². The summed E-state index contributed by atoms with van der Waals surface area (Å²) in [7, 11) is 1.50. The molecule has 4 aromatic rings. The number of unbranched alkanes of at least 4 members (excludes halogenated alkanes) is 1. The molecule has 1 unspecified atom stereocenters. The fraction of sp³-hybridized carbons (Fsp3) is 0.214. The molecule has 36 heavy (non-hydrogen) atoms. The number of carbonyl (C=O) groups is 1. The van der Waals surface area contributed by atoms with Gasteiger partial charge in [-0.25, -0.2) is 4.39 Å². The Morgan fingerprint density at radius 1 is 1.06 bits per heavy atom. The Labute approximate surface area is 211 Å². The first kappa shape index (κ1) is 23.9. The number of methoxy groups -OCH3 is 1. The van der Waals surface area contributed by atoms with E-state index in [1.165, 1.54) is 24.1 Å². The quantitative estimate of drug-likeness (QED) is 0.266. The smallest absolute Gasteiger partial charge is 0.295 e. The fourth-order valence-corrected chi connectivity index (χ4v) is 4.66. The number of benzene rings is 3. The summed E-state index contributed by atoms with van der Waals surface area (Å²) < 4.78 is 30.9. The Kier molecular flexibility index (Phi) is 6.41. The monoisotopic (exact) mass is 507 g/mol. The van der Waals surface area contributed by atoms with E-state index in [1.54, 1.807) is 30.3 Å². The van der Waals surface area contributed by atoms with Crippen molar-refractivity contribution in [2.24, 2.45) is 0 Å². The first-order valence-corrected chi connectivity index (χ1v) is 12.0. The van der Waals surface area contributed by atoms with Crippen molar-refractivity contribution in [3.8, 4) is 11.5 Å². The third-order valence-corrected chi connectivity index (χ3v) is 6.50. The van der Waals surface area contributed by atoms with E-state index in [4.69, 9.17) is 25.5 Å². The lowest BCUT2D eigenvalue weighted by atomic mass is 9.98. The first-order chi connectivity index (χ1) is 17.4. The van der Waals surface area contributed by atoms with Gasteiger partial charge in [0.2, 0.25) is 5.76 Å². The van der Waals surface area contributed by atoms with Gasteiger partial charge in [0.15, 0.2) is 5.43 Å². The van der Waals surface area contributed by atoms with Crippen LogP contribution in [0.1, 0.15) is 47.5 Å². The highest BCUT2D eigenvalue weighted by molar-refractivity contribution is 6.32. The topological polar surface area (TPSA) is 69.0 Å². The summed E-state index contributed by atoms with van der Waals surface area (Å²) in [4.78, 5) is 28.7. The van der Waals surface area contributed by atoms with Gasteiger partial charge < -0.3 is 13.9 Å². The Hall–Kier alpha value is -3.84. The Morgan fingerprint density at radius 3 is 2.53 bits per heavy atom. The van der Waals surface area contributed by atoms with Crippen molar-refractivity contribution in [3.05, 3.63) is 98.6 Å². The predicted octanol–water partition coefficient (Wildman–Crippen LogP) is 6.52. The Morgan fingerprint density at radius 2 is 1.83 bits per heavy atom. The van der Waals surface area contributed by atoms with Crippen LogP contribution in [0, 0.1) is 5.82 Å². The molecule has 0 spiro atoms. The molecule has 0 fully saturated rings. The SMILES string of the molecule is CCCCOc1ccc(C2c3c(oc4ccc(F)cc4c3=O)C(=O)N2c2ccc(OC)c(Cl)c2)cc1. The number of carbonyl (C=O) groups excluding carboxylic acids is 1. The summed E-state index contributed by atoms with van der Waals surface area (Å²) in [5, 5.41) is 0.379. The van der Waals surface area contributed by atoms with Crippen LogP contribution in [0.2, 0.25) is 5.02 Å². The number of fused-ring (bicyclic) bond motifs is 2. The van der Waals surface area contributed by atoms with E-state index >= 15 is 0 Å². The molecule has 0 saturated carbocycles. The molecule has 0 N–H and O–H groups in total. The summed E-state index contributed by atoms with van der Waals surface area (Å²) in [6.45, 7) is 2.68. The maximum Gasteiger partial charge on any atom is 0.295 e. The Balaban J connectivity index is 1.68. The highest BCUT2D eigenvalue weighted by Crippen LogP contribution is 2.43. The number of anilines is 1. The van der Waals surface area contributed by atoms with Gasteiger partial charge in [-0.15, -0.1) is 0 Å². The second kappa shape index (κ2) is 9.66. The minimum Gasteiger partial charge on any atom is -0.495 e. The molecule has 1 aliphatic heterocycles. The minimum atomic E-state index is -0.814. The van der Waals surface area contributed by atoms with Crippen LogP contribution in [-0.2, 0) is 0 Å². The zero-order valence-electron chi connectivity index (χ0n) is 19.7. The zero-order chi connectivity index (χ0) is 25.4. The van der Waals surface area contributed by atoms with Gasteiger partial charge in [0, 0.05) is 5.69 Å². The summed E-state index contributed by atoms with van der Waals surface area (Å²) in [6, 6.07) is 15.0. The molecule has 5 rings (SSSR count). The molecule has 1 aliphatic rings. The van der Waals surface area contributed by atoms with E-state index in [2.05, 4.69) is 6.92 Å². The zero-order valence-corrected chi connectivity index (χ0v) is 20.5. The van der Waals surface area contributed by atoms with Crippen LogP contribution in [0.4, 0.5) is 10.1 Å². The molecule has 0 aliphatic carbocycles. The van der Waals surface area contributed by atoms with Crippen molar-refractivity contribution < 1.29 is 23.1 Å². The van der Waals surface area contributed by atoms with Gasteiger partial charge in [0.05, 0.1) is 35.7 Å². The lowest BCUT2D eigenvalue weighted by Gasteiger charge is -2.26. The standard InChI is InChI=1S/C28H23ClFNO5/c1-3-4-13-35-19-9-5-16(6-10-19)25-24-26(32)20-14-17(30)7-11-22(20)36-27(24)28(33)31(25)18-8-12-23(34-2)21(29)15-18/h5-12,14-15,25H,3-4,13H2,1-2H3. The summed E-state index contributed by atoms with van der Waals surface area (Å²) in [6.07, 6.45) is 1.95. The molecule has 2 heterocycles. The van der Waals surface area contributed by atoms with E-state index in [1.807, 2.05) is 12.1 Å². The predicted molar refractivity (Wildman–Crippen MR) is 136 cm³/mol. The number of hydrogen-bond donors (Lipinski definition) is 0. The number of rotatable bonds is 7. The molecule has 0 radical (unpaired) electrons. The van der Waals surface area contributed by atoms with Gasteiger partial charge in [-0.3, -0.25) is 14.5 Å². The van der Waals surface area contributed by atoms with Crippen LogP contribution in [-0.4, -0.2) is 19.6 Å². The van der Waals surface area contributed by atoms with Gasteiger partial charge in [0.25, 0.3) is 5.91 Å². The van der Waals surface area contributed by atoms with Gasteiger partial charge in [-0.1, -0.05) is 37.1 Å². The van der Waals surface area contributed by atoms with E-state index in [9.17, 15) is 14.0 Å². The van der Waals surface area contributed by atoms with Crippen molar-refractivity contribution in [2.75, 3.05) is 18.6 Å². The highest BCUT2D eigenvalue weighted by Gasteiger charge is 2.43. The van der Waals surface area contributed by atoms with Crippen LogP contribution >= 0.6 is 11.6 Å². The molecular formula is C28H23ClFNO5. The van der Waals surface area contributed by atoms with E-state index in [0.29, 0.717) is 34.4 Å². The second-order valence-corrected chi connectivity index (χ2v) is 8.89. The lowest BCUT2D eigenvalue weighted by molar-refractivity contribution is 0.0971. The van der Waals surface area contributed by atoms with Crippen molar-refractivity contribution in [3.63, 3.8) is 0 Å². The third kappa shape index (κ3) is 4.09. The molecule has 0 saturated heterocycles. The molecule has 8 heteroatoms. The van der Waals surface area contributed by atoms with E-state index < -0.39 is 23.2 Å². The first-order valence-electron chi connectivity index (χ1n) is 11.6. The molecule has 6 nitrogen and oxygen atoms in total. The second-order valence-electron chi connectivity index (χ2n) is 8.48. The highest BCUT2D eigenvalue weighted by atomic mass is 35.5. The molecule has 3 aromatic carbocycles. The van der Waals surface area contributed by atoms with Crippen LogP contribution in [0.3, 0.4) is 0 Å². The van der Waals surface area contributed by atoms with Gasteiger partial charge >= 0.3 is 0 Å². The molecular weight excluding hydrogens is 485 g/mol. The normalized spacial score (nSPS) is 14.8. The largest absolute Gasteiger partial charge is 0.495 e. The van der Waals surface area contributed by atoms with Crippen molar-refractivity contribution in [1.82, 2.24) is 0 Å². The lowest BCUT2D eigenvalue weighted by Crippen LogP contribution is -2.29. The van der Waals surface area contributed by atoms with Crippen molar-refractivity contribution in [1.29, 1.82) is 0 Å². The maximum atomic E-state index is 14.0. The number of amides is 1. The van der Waals surface area contributed by atoms with Gasteiger partial charge in [-0.2, -0.15) is 0 Å². The fourth-order valence-electron chi connectivity index (χ4n) is 4.41. The number of nitrogens with zero attached hydrogens (tertiary/aromatic N) is 1. The van der Waals surface area contributed by atoms with Crippen LogP contribution < -0.4 is 19.8 Å². The maximum absolute atomic E-state index is 14.0. The minimum absolute atomic E-state index is 0.0701.